The quantitative estimate of drug-likeness (QED) is 0.789. The van der Waals surface area contributed by atoms with E-state index in [0.29, 0.717) is 0 Å². The van der Waals surface area contributed by atoms with Crippen molar-refractivity contribution in [3.05, 3.63) is 89.8 Å². The normalized spacial score (nSPS) is 13.7. The lowest BCUT2D eigenvalue weighted by Gasteiger charge is -2.24. The topological polar surface area (TPSA) is 16.1 Å². The molecular weight excluding hydrogens is 327 g/mol. The zero-order chi connectivity index (χ0) is 14.5. The van der Waals surface area contributed by atoms with Crippen LogP contribution in [0, 0.1) is 0 Å². The van der Waals surface area contributed by atoms with E-state index in [-0.39, 0.29) is 24.8 Å². The van der Waals surface area contributed by atoms with E-state index >= 15 is 0 Å². The van der Waals surface area contributed by atoms with Gasteiger partial charge < -0.3 is 4.90 Å². The van der Waals surface area contributed by atoms with Crippen molar-refractivity contribution in [2.45, 2.75) is 0 Å². The van der Waals surface area contributed by atoms with E-state index in [4.69, 9.17) is 0 Å². The van der Waals surface area contributed by atoms with Gasteiger partial charge in [0.1, 0.15) is 0 Å². The van der Waals surface area contributed by atoms with Crippen LogP contribution in [-0.2, 0) is 0 Å². The van der Waals surface area contributed by atoms with Crippen molar-refractivity contribution in [2.75, 3.05) is 13.6 Å². The third kappa shape index (κ3) is 4.98. The SMILES string of the molecule is CN1CC=C(C=Cc2ccccc2)C=C1c1ccccn1.Cl.Cl. The molecule has 1 aliphatic heterocycles. The Morgan fingerprint density at radius 2 is 1.70 bits per heavy atom. The molecule has 120 valence electrons. The Balaban J connectivity index is 0.00000132. The maximum Gasteiger partial charge on any atom is 0.0863 e. The lowest BCUT2D eigenvalue weighted by Crippen LogP contribution is -2.20. The smallest absolute Gasteiger partial charge is 0.0863 e. The van der Waals surface area contributed by atoms with Crippen LogP contribution in [0.25, 0.3) is 11.8 Å². The van der Waals surface area contributed by atoms with E-state index in [0.717, 1.165) is 17.9 Å². The molecule has 1 aromatic heterocycles. The van der Waals surface area contributed by atoms with Crippen LogP contribution in [0.3, 0.4) is 0 Å². The molecule has 3 rings (SSSR count). The summed E-state index contributed by atoms with van der Waals surface area (Å²) in [6, 6.07) is 16.4. The summed E-state index contributed by atoms with van der Waals surface area (Å²) in [6.07, 6.45) is 10.5. The van der Waals surface area contributed by atoms with Crippen LogP contribution in [0.4, 0.5) is 0 Å². The van der Waals surface area contributed by atoms with E-state index < -0.39 is 0 Å². The zero-order valence-corrected chi connectivity index (χ0v) is 14.6. The van der Waals surface area contributed by atoms with Crippen LogP contribution < -0.4 is 0 Å². The standard InChI is InChI=1S/C19H18N2.2ClH/c1-21-14-12-17(11-10-16-7-3-2-4-8-16)15-19(21)18-9-5-6-13-20-18;;/h2-13,15H,14H2,1H3;2*1H. The first-order valence-electron chi connectivity index (χ1n) is 7.10. The van der Waals surface area contributed by atoms with Gasteiger partial charge in [-0.15, -0.1) is 24.8 Å². The summed E-state index contributed by atoms with van der Waals surface area (Å²) in [6.45, 7) is 0.900. The second-order valence-corrected chi connectivity index (χ2v) is 5.07. The summed E-state index contributed by atoms with van der Waals surface area (Å²) in [5, 5.41) is 0. The molecule has 2 nitrogen and oxygen atoms in total. The summed E-state index contributed by atoms with van der Waals surface area (Å²) in [7, 11) is 2.09. The third-order valence-corrected chi connectivity index (χ3v) is 3.51. The molecule has 0 spiro atoms. The van der Waals surface area contributed by atoms with E-state index in [1.54, 1.807) is 0 Å². The minimum Gasteiger partial charge on any atom is -0.369 e. The number of rotatable bonds is 3. The molecule has 0 saturated heterocycles. The van der Waals surface area contributed by atoms with Crippen molar-refractivity contribution in [3.8, 4) is 0 Å². The number of aromatic nitrogens is 1. The maximum absolute atomic E-state index is 4.44. The first-order chi connectivity index (χ1) is 10.3. The first kappa shape index (κ1) is 19.0. The molecule has 0 saturated carbocycles. The Kier molecular flexibility index (Phi) is 7.60. The van der Waals surface area contributed by atoms with Crippen molar-refractivity contribution in [1.82, 2.24) is 9.88 Å². The summed E-state index contributed by atoms with van der Waals surface area (Å²) in [5.41, 5.74) is 4.60. The van der Waals surface area contributed by atoms with Gasteiger partial charge in [0.05, 0.1) is 11.4 Å². The highest BCUT2D eigenvalue weighted by atomic mass is 35.5. The molecular formula is C19H20Cl2N2. The Labute approximate surface area is 150 Å². The number of benzene rings is 1. The fourth-order valence-electron chi connectivity index (χ4n) is 2.32. The van der Waals surface area contributed by atoms with E-state index in [9.17, 15) is 0 Å². The Morgan fingerprint density at radius 3 is 2.39 bits per heavy atom. The molecule has 0 unspecified atom stereocenters. The molecule has 2 aromatic rings. The Bertz CT molecular complexity index is 692. The molecule has 0 radical (unpaired) electrons. The van der Waals surface area contributed by atoms with Crippen molar-refractivity contribution in [2.24, 2.45) is 0 Å². The van der Waals surface area contributed by atoms with Crippen molar-refractivity contribution in [1.29, 1.82) is 0 Å². The average molecular weight is 347 g/mol. The maximum atomic E-state index is 4.44. The second-order valence-electron chi connectivity index (χ2n) is 5.07. The predicted molar refractivity (Wildman–Crippen MR) is 103 cm³/mol. The van der Waals surface area contributed by atoms with Gasteiger partial charge in [-0.2, -0.15) is 0 Å². The van der Waals surface area contributed by atoms with Crippen LogP contribution in [0.15, 0.2) is 78.5 Å². The van der Waals surface area contributed by atoms with Crippen molar-refractivity contribution < 1.29 is 0 Å². The third-order valence-electron chi connectivity index (χ3n) is 3.51. The number of hydrogen-bond donors (Lipinski definition) is 0. The number of likely N-dealkylation sites (N-methyl/N-ethyl adjacent to an activating group) is 1. The van der Waals surface area contributed by atoms with E-state index in [2.05, 4.69) is 65.5 Å². The molecule has 0 atom stereocenters. The summed E-state index contributed by atoms with van der Waals surface area (Å²) >= 11 is 0. The van der Waals surface area contributed by atoms with Gasteiger partial charge in [0.25, 0.3) is 0 Å². The minimum atomic E-state index is 0. The van der Waals surface area contributed by atoms with Gasteiger partial charge in [-0.25, -0.2) is 0 Å². The number of halogens is 2. The average Bonchev–Trinajstić information content (AvgIpc) is 2.56. The van der Waals surface area contributed by atoms with Gasteiger partial charge in [0.15, 0.2) is 0 Å². The zero-order valence-electron chi connectivity index (χ0n) is 12.9. The van der Waals surface area contributed by atoms with Crippen LogP contribution >= 0.6 is 24.8 Å². The summed E-state index contributed by atoms with van der Waals surface area (Å²) in [5.74, 6) is 0. The van der Waals surface area contributed by atoms with Gasteiger partial charge in [0.2, 0.25) is 0 Å². The first-order valence-corrected chi connectivity index (χ1v) is 7.10. The minimum absolute atomic E-state index is 0. The monoisotopic (exact) mass is 346 g/mol. The van der Waals surface area contributed by atoms with Gasteiger partial charge in [0, 0.05) is 19.8 Å². The van der Waals surface area contributed by atoms with E-state index in [1.807, 2.05) is 30.5 Å². The molecule has 1 aliphatic rings. The molecule has 23 heavy (non-hydrogen) atoms. The highest BCUT2D eigenvalue weighted by Gasteiger charge is 2.11. The molecule has 0 aliphatic carbocycles. The molecule has 0 N–H and O–H groups in total. The lowest BCUT2D eigenvalue weighted by atomic mass is 10.1. The van der Waals surface area contributed by atoms with Crippen LogP contribution in [0.5, 0.6) is 0 Å². The fourth-order valence-corrected chi connectivity index (χ4v) is 2.32. The highest BCUT2D eigenvalue weighted by Crippen LogP contribution is 2.22. The molecule has 1 aromatic carbocycles. The lowest BCUT2D eigenvalue weighted by molar-refractivity contribution is 0.527. The summed E-state index contributed by atoms with van der Waals surface area (Å²) < 4.78 is 0. The largest absolute Gasteiger partial charge is 0.369 e. The van der Waals surface area contributed by atoms with Crippen molar-refractivity contribution >= 4 is 36.6 Å². The Morgan fingerprint density at radius 1 is 0.957 bits per heavy atom. The van der Waals surface area contributed by atoms with Crippen molar-refractivity contribution in [3.63, 3.8) is 0 Å². The van der Waals surface area contributed by atoms with Gasteiger partial charge in [-0.05, 0) is 29.3 Å². The van der Waals surface area contributed by atoms with E-state index in [1.165, 1.54) is 11.1 Å². The van der Waals surface area contributed by atoms with Crippen LogP contribution in [0.2, 0.25) is 0 Å². The molecule has 0 fully saturated rings. The fraction of sp³-hybridized carbons (Fsp3) is 0.105. The Hall–Kier alpha value is -2.03. The summed E-state index contributed by atoms with van der Waals surface area (Å²) in [4.78, 5) is 6.65. The van der Waals surface area contributed by atoms with Crippen LogP contribution in [0.1, 0.15) is 11.3 Å². The number of allylic oxidation sites excluding steroid dienone is 3. The van der Waals surface area contributed by atoms with Gasteiger partial charge >= 0.3 is 0 Å². The highest BCUT2D eigenvalue weighted by molar-refractivity contribution is 5.85. The number of pyridine rings is 1. The van der Waals surface area contributed by atoms with Gasteiger partial charge in [-0.1, -0.05) is 54.6 Å². The number of hydrogen-bond acceptors (Lipinski definition) is 2. The van der Waals surface area contributed by atoms with Gasteiger partial charge in [-0.3, -0.25) is 4.98 Å². The molecule has 2 heterocycles. The molecule has 4 heteroatoms. The molecule has 0 bridgehead atoms. The van der Waals surface area contributed by atoms with Crippen LogP contribution in [-0.4, -0.2) is 23.5 Å². The molecule has 0 amide bonds. The predicted octanol–water partition coefficient (Wildman–Crippen LogP) is 4.85. The second kappa shape index (κ2) is 9.19. The number of nitrogens with zero attached hydrogens (tertiary/aromatic N) is 2.